The van der Waals surface area contributed by atoms with Gasteiger partial charge in [-0.2, -0.15) is 5.10 Å². The van der Waals surface area contributed by atoms with Gasteiger partial charge < -0.3 is 10.1 Å². The van der Waals surface area contributed by atoms with Crippen LogP contribution in [-0.4, -0.2) is 26.2 Å². The summed E-state index contributed by atoms with van der Waals surface area (Å²) in [5.74, 6) is -0.481. The molecule has 0 aliphatic carbocycles. The summed E-state index contributed by atoms with van der Waals surface area (Å²) >= 11 is 4.76. The summed E-state index contributed by atoms with van der Waals surface area (Å²) in [7, 11) is 1.84. The van der Waals surface area contributed by atoms with E-state index in [1.165, 1.54) is 24.3 Å². The van der Waals surface area contributed by atoms with Gasteiger partial charge in [-0.15, -0.1) is 8.78 Å². The Morgan fingerprint density at radius 1 is 1.06 bits per heavy atom. The van der Waals surface area contributed by atoms with Crippen LogP contribution in [0.1, 0.15) is 10.4 Å². The number of alkyl halides is 3. The lowest BCUT2D eigenvalue weighted by molar-refractivity contribution is -0.0964. The monoisotopic (exact) mass is 454 g/mol. The molecule has 0 unspecified atom stereocenters. The van der Waals surface area contributed by atoms with Crippen molar-refractivity contribution in [2.24, 2.45) is 7.05 Å². The van der Waals surface area contributed by atoms with Gasteiger partial charge >= 0.3 is 5.57 Å². The molecule has 0 saturated carbocycles. The Morgan fingerprint density at radius 3 is 2.47 bits per heavy atom. The number of carbonyl (C=O) groups excluding carboxylic acids is 1. The molecule has 0 radical (unpaired) electrons. The molecule has 2 aromatic heterocycles. The van der Waals surface area contributed by atoms with E-state index in [1.54, 1.807) is 35.4 Å². The zero-order chi connectivity index (χ0) is 22.7. The summed E-state index contributed by atoms with van der Waals surface area (Å²) in [6.45, 7) is 0. The highest BCUT2D eigenvalue weighted by Crippen LogP contribution is 2.33. The van der Waals surface area contributed by atoms with Gasteiger partial charge in [0.2, 0.25) is 0 Å². The highest BCUT2D eigenvalue weighted by Gasteiger charge is 2.27. The van der Waals surface area contributed by atoms with Crippen molar-refractivity contribution >= 4 is 23.2 Å². The number of aryl methyl sites for hydroxylation is 1. The number of carbonyl (C=O) groups is 1. The molecule has 0 atom stereocenters. The molecule has 0 spiro atoms. The second-order valence-electron chi connectivity index (χ2n) is 6.87. The number of nitrogens with zero attached hydrogens (tertiary/aromatic N) is 3. The normalized spacial score (nSPS) is 11.2. The van der Waals surface area contributed by atoms with E-state index in [0.717, 1.165) is 22.4 Å². The van der Waals surface area contributed by atoms with E-state index in [0.29, 0.717) is 11.3 Å². The van der Waals surface area contributed by atoms with E-state index >= 15 is 0 Å². The number of ether oxygens (including phenoxy) is 1. The van der Waals surface area contributed by atoms with Crippen molar-refractivity contribution in [1.29, 1.82) is 0 Å². The average Bonchev–Trinajstić information content (AvgIpc) is 3.20. The van der Waals surface area contributed by atoms with Gasteiger partial charge in [0.1, 0.15) is 5.75 Å². The fourth-order valence-electron chi connectivity index (χ4n) is 3.25. The number of anilines is 1. The Bertz CT molecular complexity index is 1240. The number of amides is 1. The topological polar surface area (TPSA) is 69.0 Å². The highest BCUT2D eigenvalue weighted by atomic mass is 35.5. The minimum Gasteiger partial charge on any atom is -0.420 e. The van der Waals surface area contributed by atoms with Crippen LogP contribution in [0.25, 0.3) is 22.4 Å². The van der Waals surface area contributed by atoms with E-state index in [9.17, 15) is 13.6 Å². The molecule has 2 heterocycles. The van der Waals surface area contributed by atoms with Gasteiger partial charge in [-0.3, -0.25) is 14.5 Å². The average molecular weight is 455 g/mol. The van der Waals surface area contributed by atoms with Crippen LogP contribution in [0.15, 0.2) is 79.3 Å². The molecule has 32 heavy (non-hydrogen) atoms. The molecule has 2 aromatic carbocycles. The molecule has 4 rings (SSSR count). The molecule has 0 bridgehead atoms. The van der Waals surface area contributed by atoms with Crippen LogP contribution in [0, 0.1) is 0 Å². The van der Waals surface area contributed by atoms with Crippen molar-refractivity contribution < 1.29 is 18.3 Å². The van der Waals surface area contributed by atoms with E-state index in [1.807, 2.05) is 31.3 Å². The fraction of sp³-hybridized carbons (Fsp3) is 0.0870. The maximum absolute atomic E-state index is 12.9. The molecule has 9 heteroatoms. The Kier molecular flexibility index (Phi) is 5.87. The van der Waals surface area contributed by atoms with Crippen LogP contribution in [0.5, 0.6) is 5.75 Å². The van der Waals surface area contributed by atoms with Gasteiger partial charge in [-0.1, -0.05) is 12.1 Å². The van der Waals surface area contributed by atoms with Crippen molar-refractivity contribution in [3.8, 4) is 28.1 Å². The number of aromatic nitrogens is 3. The van der Waals surface area contributed by atoms with Crippen LogP contribution >= 0.6 is 11.6 Å². The van der Waals surface area contributed by atoms with Crippen LogP contribution in [-0.2, 0) is 7.05 Å². The molecular formula is C23H17ClF2N4O2. The third-order valence-electron chi connectivity index (χ3n) is 4.70. The summed E-state index contributed by atoms with van der Waals surface area (Å²) in [6.07, 6.45) is 5.11. The molecule has 6 nitrogen and oxygen atoms in total. The first kappa shape index (κ1) is 21.5. The number of hydrogen-bond donors (Lipinski definition) is 1. The standard InChI is InChI=1S/C23H17ClF2N4O2/c1-30-21(10-12-28-30)19-9-4-15(13-20(19)16-3-2-11-27-14-16)22(31)29-17-5-7-18(8-6-17)32-23(24,25)26/h2-14H,1H3,(H,29,31). The van der Waals surface area contributed by atoms with Crippen molar-refractivity contribution in [1.82, 2.24) is 14.8 Å². The Balaban J connectivity index is 1.63. The van der Waals surface area contributed by atoms with Gasteiger partial charge in [0.25, 0.3) is 5.91 Å². The quantitative estimate of drug-likeness (QED) is 0.387. The smallest absolute Gasteiger partial charge is 0.420 e. The lowest BCUT2D eigenvalue weighted by Crippen LogP contribution is -2.16. The highest BCUT2D eigenvalue weighted by molar-refractivity contribution is 6.20. The first-order valence-corrected chi connectivity index (χ1v) is 9.88. The number of pyridine rings is 1. The van der Waals surface area contributed by atoms with Gasteiger partial charge in [0.05, 0.1) is 5.69 Å². The van der Waals surface area contributed by atoms with Crippen molar-refractivity contribution in [3.63, 3.8) is 0 Å². The molecular weight excluding hydrogens is 438 g/mol. The predicted molar refractivity (Wildman–Crippen MR) is 118 cm³/mol. The largest absolute Gasteiger partial charge is 0.487 e. The maximum Gasteiger partial charge on any atom is 0.487 e. The van der Waals surface area contributed by atoms with E-state index in [-0.39, 0.29) is 11.7 Å². The van der Waals surface area contributed by atoms with Crippen LogP contribution < -0.4 is 10.1 Å². The minimum absolute atomic E-state index is 0.123. The summed E-state index contributed by atoms with van der Waals surface area (Å²) in [5.41, 5.74) is 0.495. The van der Waals surface area contributed by atoms with Crippen LogP contribution in [0.4, 0.5) is 14.5 Å². The van der Waals surface area contributed by atoms with E-state index < -0.39 is 5.57 Å². The minimum atomic E-state index is -3.80. The lowest BCUT2D eigenvalue weighted by Gasteiger charge is -2.13. The second-order valence-corrected chi connectivity index (χ2v) is 7.31. The molecule has 0 aliphatic heterocycles. The Morgan fingerprint density at radius 2 is 1.84 bits per heavy atom. The summed E-state index contributed by atoms with van der Waals surface area (Å²) < 4.78 is 31.5. The van der Waals surface area contributed by atoms with Crippen molar-refractivity contribution in [2.45, 2.75) is 5.57 Å². The molecule has 0 aliphatic rings. The number of nitrogens with one attached hydrogen (secondary N) is 1. The number of benzene rings is 2. The Hall–Kier alpha value is -3.78. The summed E-state index contributed by atoms with van der Waals surface area (Å²) in [4.78, 5) is 17.0. The summed E-state index contributed by atoms with van der Waals surface area (Å²) in [6, 6.07) is 16.4. The molecule has 0 fully saturated rings. The zero-order valence-electron chi connectivity index (χ0n) is 16.8. The van der Waals surface area contributed by atoms with Gasteiger partial charge in [0, 0.05) is 59.6 Å². The SMILES string of the molecule is Cn1nccc1-c1ccc(C(=O)Nc2ccc(OC(F)(F)Cl)cc2)cc1-c1cccnc1. The van der Waals surface area contributed by atoms with Gasteiger partial charge in [0.15, 0.2) is 0 Å². The molecule has 1 N–H and O–H groups in total. The van der Waals surface area contributed by atoms with Crippen LogP contribution in [0.3, 0.4) is 0 Å². The number of rotatable bonds is 6. The lowest BCUT2D eigenvalue weighted by atomic mass is 9.96. The van der Waals surface area contributed by atoms with Gasteiger partial charge in [-0.05, 0) is 54.1 Å². The fourth-order valence-corrected chi connectivity index (χ4v) is 3.34. The third kappa shape index (κ3) is 4.92. The Labute approximate surface area is 187 Å². The first-order valence-electron chi connectivity index (χ1n) is 9.50. The maximum atomic E-state index is 12.9. The second kappa shape index (κ2) is 8.76. The molecule has 4 aromatic rings. The molecule has 1 amide bonds. The van der Waals surface area contributed by atoms with Crippen molar-refractivity contribution in [2.75, 3.05) is 5.32 Å². The van der Waals surface area contributed by atoms with Crippen LogP contribution in [0.2, 0.25) is 0 Å². The zero-order valence-corrected chi connectivity index (χ0v) is 17.6. The predicted octanol–water partition coefficient (Wildman–Crippen LogP) is 5.57. The summed E-state index contributed by atoms with van der Waals surface area (Å²) in [5, 5.41) is 6.97. The third-order valence-corrected chi connectivity index (χ3v) is 4.77. The van der Waals surface area contributed by atoms with Gasteiger partial charge in [-0.25, -0.2) is 0 Å². The van der Waals surface area contributed by atoms with Crippen molar-refractivity contribution in [3.05, 3.63) is 84.8 Å². The van der Waals surface area contributed by atoms with E-state index in [2.05, 4.69) is 20.1 Å². The first-order chi connectivity index (χ1) is 15.3. The molecule has 0 saturated heterocycles. The van der Waals surface area contributed by atoms with E-state index in [4.69, 9.17) is 11.6 Å². The number of halogens is 3. The molecule has 162 valence electrons. The number of hydrogen-bond acceptors (Lipinski definition) is 4.